The maximum absolute atomic E-state index is 13.0. The lowest BCUT2D eigenvalue weighted by molar-refractivity contribution is -0.159. The summed E-state index contributed by atoms with van der Waals surface area (Å²) in [5.41, 5.74) is 0.418. The second-order valence-electron chi connectivity index (χ2n) is 10.5. The number of hydrogen-bond acceptors (Lipinski definition) is 6. The number of carbonyl (C=O) groups is 1. The molecule has 38 heavy (non-hydrogen) atoms. The number of aromatic nitrogens is 3. The van der Waals surface area contributed by atoms with Gasteiger partial charge in [0.2, 0.25) is 0 Å². The van der Waals surface area contributed by atoms with E-state index in [1.165, 1.54) is 6.07 Å². The summed E-state index contributed by atoms with van der Waals surface area (Å²) in [5, 5.41) is 0. The molecule has 2 aliphatic rings. The molecule has 0 bridgehead atoms. The van der Waals surface area contributed by atoms with Crippen LogP contribution in [0.1, 0.15) is 57.9 Å². The number of pyridine rings is 1. The highest BCUT2D eigenvalue weighted by molar-refractivity contribution is 5.80. The Kier molecular flexibility index (Phi) is 7.35. The smallest absolute Gasteiger partial charge is 0.416 e. The molecule has 1 aliphatic heterocycles. The van der Waals surface area contributed by atoms with Crippen LogP contribution < -0.4 is 4.90 Å². The largest absolute Gasteiger partial charge is 0.466 e. The minimum atomic E-state index is -4.40. The molecular formula is C28H33F3N4O3. The SMILES string of the molecule is CCOC(=O)[C@]1(C)CC[C@H](OC2CCN(c3ccc(-c4nc5ccc(C(F)(F)F)cc5[nH]4)cn3)CC2)CC1. The summed E-state index contributed by atoms with van der Waals surface area (Å²) < 4.78 is 50.7. The van der Waals surface area contributed by atoms with Crippen LogP contribution in [0, 0.1) is 5.41 Å². The molecule has 7 nitrogen and oxygen atoms in total. The third-order valence-corrected chi connectivity index (χ3v) is 7.79. The predicted octanol–water partition coefficient (Wildman–Crippen LogP) is 6.14. The summed E-state index contributed by atoms with van der Waals surface area (Å²) in [7, 11) is 0. The fourth-order valence-corrected chi connectivity index (χ4v) is 5.40. The molecule has 1 aromatic carbocycles. The Morgan fingerprint density at radius 1 is 1.11 bits per heavy atom. The molecule has 1 aliphatic carbocycles. The first-order chi connectivity index (χ1) is 18.1. The van der Waals surface area contributed by atoms with E-state index in [4.69, 9.17) is 9.47 Å². The number of fused-ring (bicyclic) bond motifs is 1. The van der Waals surface area contributed by atoms with E-state index in [-0.39, 0.29) is 18.2 Å². The summed E-state index contributed by atoms with van der Waals surface area (Å²) in [6.45, 7) is 5.91. The van der Waals surface area contributed by atoms with Gasteiger partial charge in [-0.25, -0.2) is 9.97 Å². The van der Waals surface area contributed by atoms with E-state index >= 15 is 0 Å². The summed E-state index contributed by atoms with van der Waals surface area (Å²) >= 11 is 0. The molecule has 0 unspecified atom stereocenters. The van der Waals surface area contributed by atoms with Crippen molar-refractivity contribution in [2.24, 2.45) is 5.41 Å². The quantitative estimate of drug-likeness (QED) is 0.386. The molecule has 3 heterocycles. The number of nitrogens with zero attached hydrogens (tertiary/aromatic N) is 3. The number of nitrogens with one attached hydrogen (secondary N) is 1. The number of ether oxygens (including phenoxy) is 2. The Hall–Kier alpha value is -3.14. The van der Waals surface area contributed by atoms with Crippen molar-refractivity contribution in [3.63, 3.8) is 0 Å². The minimum absolute atomic E-state index is 0.0961. The van der Waals surface area contributed by atoms with Crippen LogP contribution in [0.15, 0.2) is 36.5 Å². The van der Waals surface area contributed by atoms with Gasteiger partial charge in [-0.15, -0.1) is 0 Å². The van der Waals surface area contributed by atoms with Gasteiger partial charge in [0.25, 0.3) is 0 Å². The van der Waals surface area contributed by atoms with Gasteiger partial charge in [0.05, 0.1) is 40.8 Å². The lowest BCUT2D eigenvalue weighted by atomic mass is 9.74. The lowest BCUT2D eigenvalue weighted by Crippen LogP contribution is -2.41. The van der Waals surface area contributed by atoms with Crippen molar-refractivity contribution >= 4 is 22.8 Å². The number of H-pyrrole nitrogens is 1. The topological polar surface area (TPSA) is 80.3 Å². The highest BCUT2D eigenvalue weighted by Crippen LogP contribution is 2.39. The molecule has 0 atom stereocenters. The zero-order chi connectivity index (χ0) is 26.9. The molecule has 2 fully saturated rings. The van der Waals surface area contributed by atoms with Crippen LogP contribution >= 0.6 is 0 Å². The first-order valence-electron chi connectivity index (χ1n) is 13.3. The van der Waals surface area contributed by atoms with Crippen molar-refractivity contribution in [1.82, 2.24) is 15.0 Å². The zero-order valence-electron chi connectivity index (χ0n) is 21.7. The number of aromatic amines is 1. The van der Waals surface area contributed by atoms with Crippen molar-refractivity contribution in [2.75, 3.05) is 24.6 Å². The highest BCUT2D eigenvalue weighted by atomic mass is 19.4. The van der Waals surface area contributed by atoms with Gasteiger partial charge >= 0.3 is 12.1 Å². The number of carbonyl (C=O) groups excluding carboxylic acids is 1. The average Bonchev–Trinajstić information content (AvgIpc) is 3.34. The number of hydrogen-bond donors (Lipinski definition) is 1. The number of piperidine rings is 1. The third kappa shape index (κ3) is 5.65. The molecule has 5 rings (SSSR count). The van der Waals surface area contributed by atoms with Crippen molar-refractivity contribution < 1.29 is 27.4 Å². The Labute approximate surface area is 219 Å². The van der Waals surface area contributed by atoms with E-state index in [0.717, 1.165) is 69.6 Å². The molecule has 204 valence electrons. The first-order valence-corrected chi connectivity index (χ1v) is 13.3. The molecular weight excluding hydrogens is 497 g/mol. The fraction of sp³-hybridized carbons (Fsp3) is 0.536. The van der Waals surface area contributed by atoms with Crippen LogP contribution in [0.2, 0.25) is 0 Å². The van der Waals surface area contributed by atoms with Gasteiger partial charge in [-0.2, -0.15) is 13.2 Å². The third-order valence-electron chi connectivity index (χ3n) is 7.79. The summed E-state index contributed by atoms with van der Waals surface area (Å²) in [4.78, 5) is 26.5. The number of alkyl halides is 3. The molecule has 10 heteroatoms. The maximum atomic E-state index is 13.0. The minimum Gasteiger partial charge on any atom is -0.466 e. The number of rotatable bonds is 6. The van der Waals surface area contributed by atoms with Crippen LogP contribution in [-0.2, 0) is 20.4 Å². The Morgan fingerprint density at radius 2 is 1.82 bits per heavy atom. The maximum Gasteiger partial charge on any atom is 0.416 e. The Balaban J connectivity index is 1.14. The molecule has 0 radical (unpaired) electrons. The van der Waals surface area contributed by atoms with Gasteiger partial charge in [-0.1, -0.05) is 0 Å². The standard InChI is InChI=1S/C28H33F3N4O3/c1-3-37-26(36)27(2)12-8-20(9-13-27)38-21-10-14-35(15-11-21)24-7-4-18(17-32-24)25-33-22-6-5-19(28(29,30)31)16-23(22)34-25/h4-7,16-17,20-21H,3,8-15H2,1-2H3,(H,33,34)/t20-,27+. The number of imidazole rings is 1. The lowest BCUT2D eigenvalue weighted by Gasteiger charge is -2.38. The van der Waals surface area contributed by atoms with Gasteiger partial charge in [0, 0.05) is 24.8 Å². The summed E-state index contributed by atoms with van der Waals surface area (Å²) in [5.74, 6) is 1.24. The van der Waals surface area contributed by atoms with Gasteiger partial charge in [0.1, 0.15) is 11.6 Å². The van der Waals surface area contributed by atoms with E-state index < -0.39 is 17.2 Å². The van der Waals surface area contributed by atoms with Crippen molar-refractivity contribution in [2.45, 2.75) is 70.8 Å². The van der Waals surface area contributed by atoms with E-state index in [2.05, 4.69) is 19.9 Å². The van der Waals surface area contributed by atoms with E-state index in [1.807, 2.05) is 26.0 Å². The Morgan fingerprint density at radius 3 is 2.45 bits per heavy atom. The van der Waals surface area contributed by atoms with Crippen LogP contribution in [-0.4, -0.2) is 52.8 Å². The van der Waals surface area contributed by atoms with Gasteiger partial charge in [0.15, 0.2) is 0 Å². The van der Waals surface area contributed by atoms with Crippen LogP contribution in [0.25, 0.3) is 22.4 Å². The van der Waals surface area contributed by atoms with Gasteiger partial charge in [-0.3, -0.25) is 4.79 Å². The van der Waals surface area contributed by atoms with Gasteiger partial charge in [-0.05, 0) is 82.7 Å². The van der Waals surface area contributed by atoms with Crippen LogP contribution in [0.5, 0.6) is 0 Å². The molecule has 3 aromatic rings. The monoisotopic (exact) mass is 530 g/mol. The molecule has 1 saturated heterocycles. The molecule has 1 saturated carbocycles. The zero-order valence-corrected chi connectivity index (χ0v) is 21.7. The van der Waals surface area contributed by atoms with E-state index in [0.29, 0.717) is 29.0 Å². The van der Waals surface area contributed by atoms with Crippen molar-refractivity contribution in [1.29, 1.82) is 0 Å². The first kappa shape index (κ1) is 26.5. The second kappa shape index (κ2) is 10.6. The summed E-state index contributed by atoms with van der Waals surface area (Å²) in [6, 6.07) is 7.29. The number of halogens is 3. The van der Waals surface area contributed by atoms with Crippen molar-refractivity contribution in [3.05, 3.63) is 42.1 Å². The van der Waals surface area contributed by atoms with E-state index in [9.17, 15) is 18.0 Å². The highest BCUT2D eigenvalue weighted by Gasteiger charge is 2.39. The number of benzene rings is 1. The molecule has 0 spiro atoms. The summed E-state index contributed by atoms with van der Waals surface area (Å²) in [6.07, 6.45) is 2.81. The fourth-order valence-electron chi connectivity index (χ4n) is 5.40. The van der Waals surface area contributed by atoms with Crippen LogP contribution in [0.4, 0.5) is 19.0 Å². The second-order valence-corrected chi connectivity index (χ2v) is 10.5. The molecule has 1 N–H and O–H groups in total. The Bertz CT molecular complexity index is 1260. The molecule has 2 aromatic heterocycles. The number of anilines is 1. The predicted molar refractivity (Wildman–Crippen MR) is 138 cm³/mol. The van der Waals surface area contributed by atoms with Crippen LogP contribution in [0.3, 0.4) is 0 Å². The van der Waals surface area contributed by atoms with Gasteiger partial charge < -0.3 is 19.4 Å². The number of esters is 1. The normalized spacial score (nSPS) is 23.1. The molecule has 0 amide bonds. The van der Waals surface area contributed by atoms with E-state index in [1.54, 1.807) is 6.20 Å². The van der Waals surface area contributed by atoms with Crippen molar-refractivity contribution in [3.8, 4) is 11.4 Å². The average molecular weight is 531 g/mol.